The Balaban J connectivity index is 1.65. The minimum atomic E-state index is -0.550. The lowest BCUT2D eigenvalue weighted by Crippen LogP contribution is -2.42. The second-order valence-corrected chi connectivity index (χ2v) is 13.4. The van der Waals surface area contributed by atoms with Crippen molar-refractivity contribution in [3.63, 3.8) is 0 Å². The fourth-order valence-corrected chi connectivity index (χ4v) is 7.46. The average Bonchev–Trinajstić information content (AvgIpc) is 2.92. The lowest BCUT2D eigenvalue weighted by atomic mass is 9.68. The van der Waals surface area contributed by atoms with Crippen molar-refractivity contribution in [2.24, 2.45) is 11.1 Å². The molecule has 0 spiro atoms. The number of carbonyl (C=O) groups excluding carboxylic acids is 1. The molecule has 1 heterocycles. The van der Waals surface area contributed by atoms with Gasteiger partial charge < -0.3 is 5.73 Å². The molecular formula is C34H33Cl2N3OS. The predicted molar refractivity (Wildman–Crippen MR) is 171 cm³/mol. The van der Waals surface area contributed by atoms with Gasteiger partial charge in [0.15, 0.2) is 5.78 Å². The number of hydrogen-bond acceptors (Lipinski definition) is 5. The molecule has 0 saturated carbocycles. The van der Waals surface area contributed by atoms with Crippen molar-refractivity contribution in [2.45, 2.75) is 58.0 Å². The third kappa shape index (κ3) is 5.66. The van der Waals surface area contributed by atoms with Gasteiger partial charge in [-0.2, -0.15) is 17.0 Å². The van der Waals surface area contributed by atoms with Crippen LogP contribution in [0.5, 0.6) is 0 Å². The van der Waals surface area contributed by atoms with Crippen LogP contribution in [0.25, 0.3) is 0 Å². The summed E-state index contributed by atoms with van der Waals surface area (Å²) in [6.07, 6.45) is 1.00. The summed E-state index contributed by atoms with van der Waals surface area (Å²) in [6, 6.07) is 22.5. The van der Waals surface area contributed by atoms with Gasteiger partial charge in [0.25, 0.3) is 0 Å². The minimum absolute atomic E-state index is 0.0329. The van der Waals surface area contributed by atoms with Crippen molar-refractivity contribution in [1.29, 1.82) is 5.26 Å². The third-order valence-electron chi connectivity index (χ3n) is 7.93. The van der Waals surface area contributed by atoms with Crippen LogP contribution in [-0.2, 0) is 16.3 Å². The molecule has 0 fully saturated rings. The number of nitriles is 1. The zero-order valence-electron chi connectivity index (χ0n) is 23.7. The molecule has 1 unspecified atom stereocenters. The molecule has 1 aliphatic carbocycles. The minimum Gasteiger partial charge on any atom is -0.384 e. The first-order valence-electron chi connectivity index (χ1n) is 13.6. The number of Topliss-reactive ketones (excluding diaryl/α,β-unsaturated/α-hetero) is 1. The van der Waals surface area contributed by atoms with Gasteiger partial charge in [-0.3, -0.25) is 9.69 Å². The lowest BCUT2D eigenvalue weighted by Gasteiger charge is -2.44. The number of halogens is 2. The summed E-state index contributed by atoms with van der Waals surface area (Å²) >= 11 is 14.9. The Morgan fingerprint density at radius 3 is 2.49 bits per heavy atom. The molecule has 3 aromatic carbocycles. The predicted octanol–water partition coefficient (Wildman–Crippen LogP) is 8.98. The molecule has 41 heavy (non-hydrogen) atoms. The van der Waals surface area contributed by atoms with Crippen LogP contribution in [-0.4, -0.2) is 5.78 Å². The van der Waals surface area contributed by atoms with Crippen LogP contribution in [0, 0.1) is 30.6 Å². The fourth-order valence-electron chi connectivity index (χ4n) is 6.03. The van der Waals surface area contributed by atoms with Crippen LogP contribution in [0.15, 0.2) is 83.3 Å². The molecule has 1 aliphatic heterocycles. The van der Waals surface area contributed by atoms with Crippen molar-refractivity contribution in [1.82, 2.24) is 0 Å². The third-order valence-corrected chi connectivity index (χ3v) is 9.79. The van der Waals surface area contributed by atoms with Gasteiger partial charge in [-0.05, 0) is 60.1 Å². The molecule has 7 heteroatoms. The number of nitrogens with zero attached hydrogens (tertiary/aromatic N) is 2. The van der Waals surface area contributed by atoms with Gasteiger partial charge in [-0.25, -0.2) is 0 Å². The number of carbonyl (C=O) groups is 1. The Kier molecular flexibility index (Phi) is 8.30. The number of allylic oxidation sites excluding steroid dienone is 3. The Hall–Kier alpha value is -3.17. The summed E-state index contributed by atoms with van der Waals surface area (Å²) in [5, 5.41) is 11.3. The van der Waals surface area contributed by atoms with Gasteiger partial charge in [0, 0.05) is 29.2 Å². The highest BCUT2D eigenvalue weighted by atomic mass is 35.5. The molecule has 0 radical (unpaired) electrons. The van der Waals surface area contributed by atoms with Crippen LogP contribution in [0.1, 0.15) is 60.4 Å². The molecule has 0 saturated heterocycles. The van der Waals surface area contributed by atoms with Gasteiger partial charge in [-0.15, -0.1) is 0 Å². The van der Waals surface area contributed by atoms with E-state index in [0.29, 0.717) is 39.7 Å². The Labute approximate surface area is 256 Å². The topological polar surface area (TPSA) is 70.1 Å². The van der Waals surface area contributed by atoms with Crippen molar-refractivity contribution in [3.8, 4) is 6.07 Å². The molecule has 0 aromatic heterocycles. The first-order chi connectivity index (χ1) is 19.5. The summed E-state index contributed by atoms with van der Waals surface area (Å²) in [4.78, 5) is 15.8. The summed E-state index contributed by atoms with van der Waals surface area (Å²) < 4.78 is 0. The van der Waals surface area contributed by atoms with E-state index in [0.717, 1.165) is 33.9 Å². The second kappa shape index (κ2) is 11.6. The van der Waals surface area contributed by atoms with Crippen molar-refractivity contribution < 1.29 is 4.79 Å². The maximum atomic E-state index is 14.0. The molecule has 2 N–H and O–H groups in total. The first-order valence-corrected chi connectivity index (χ1v) is 15.5. The van der Waals surface area contributed by atoms with Crippen molar-refractivity contribution >= 4 is 46.4 Å². The number of hydrogen-bond donors (Lipinski definition) is 1. The number of rotatable bonds is 6. The average molecular weight is 603 g/mol. The molecule has 5 rings (SSSR count). The quantitative estimate of drug-likeness (QED) is 0.305. The van der Waals surface area contributed by atoms with Gasteiger partial charge >= 0.3 is 0 Å². The lowest BCUT2D eigenvalue weighted by molar-refractivity contribution is -0.118. The highest BCUT2D eigenvalue weighted by Crippen LogP contribution is 2.52. The van der Waals surface area contributed by atoms with Crippen molar-refractivity contribution in [2.75, 3.05) is 4.90 Å². The van der Waals surface area contributed by atoms with E-state index in [-0.39, 0.29) is 17.0 Å². The van der Waals surface area contributed by atoms with E-state index in [1.807, 2.05) is 23.9 Å². The Bertz CT molecular complexity index is 1640. The molecule has 0 bridgehead atoms. The number of thioether (sulfide) groups is 1. The molecular weight excluding hydrogens is 569 g/mol. The summed E-state index contributed by atoms with van der Waals surface area (Å²) in [7, 11) is 0. The monoisotopic (exact) mass is 601 g/mol. The number of ketones is 1. The molecule has 3 aromatic rings. The van der Waals surface area contributed by atoms with Gasteiger partial charge in [0.1, 0.15) is 5.82 Å². The molecule has 2 aliphatic rings. The van der Waals surface area contributed by atoms with Gasteiger partial charge in [-0.1, -0.05) is 91.1 Å². The number of benzene rings is 3. The summed E-state index contributed by atoms with van der Waals surface area (Å²) in [5.74, 6) is 1.49. The summed E-state index contributed by atoms with van der Waals surface area (Å²) in [6.45, 7) is 8.33. The highest BCUT2D eigenvalue weighted by molar-refractivity contribution is 7.97. The van der Waals surface area contributed by atoms with E-state index < -0.39 is 5.92 Å². The normalized spacial score (nSPS) is 18.4. The first kappa shape index (κ1) is 29.3. The standard InChI is InChI=1S/C34H33Cl2N3OS/c1-20-13-23(19-41-18-22-9-6-5-7-10-22)21(2)24(14-20)30-25(17-37)33(38)39(27-12-8-11-26(35)32(27)36)28-15-34(3,4)16-29(40)31(28)30/h5-14,30H,15-16,18-19,38H2,1-4H3. The van der Waals surface area contributed by atoms with Gasteiger partial charge in [0.2, 0.25) is 0 Å². The van der Waals surface area contributed by atoms with Crippen LogP contribution in [0.4, 0.5) is 5.69 Å². The largest absolute Gasteiger partial charge is 0.384 e. The zero-order chi connectivity index (χ0) is 29.5. The van der Waals surface area contributed by atoms with Crippen LogP contribution in [0.3, 0.4) is 0 Å². The molecule has 0 amide bonds. The van der Waals surface area contributed by atoms with E-state index in [2.05, 4.69) is 70.2 Å². The van der Waals surface area contributed by atoms with E-state index in [4.69, 9.17) is 28.9 Å². The van der Waals surface area contributed by atoms with Crippen molar-refractivity contribution in [3.05, 3.63) is 121 Å². The van der Waals surface area contributed by atoms with Gasteiger partial charge in [0.05, 0.1) is 33.3 Å². The van der Waals surface area contributed by atoms with Crippen LogP contribution >= 0.6 is 35.0 Å². The zero-order valence-corrected chi connectivity index (χ0v) is 26.1. The summed E-state index contributed by atoms with van der Waals surface area (Å²) in [5.41, 5.74) is 14.5. The van der Waals surface area contributed by atoms with E-state index in [1.54, 1.807) is 17.0 Å². The number of nitrogens with two attached hydrogens (primary N) is 1. The molecule has 210 valence electrons. The Morgan fingerprint density at radius 2 is 1.78 bits per heavy atom. The smallest absolute Gasteiger partial charge is 0.162 e. The molecule has 4 nitrogen and oxygen atoms in total. The number of anilines is 1. The number of aryl methyl sites for hydroxylation is 1. The second-order valence-electron chi connectivity index (χ2n) is 11.7. The van der Waals surface area contributed by atoms with Crippen LogP contribution in [0.2, 0.25) is 10.0 Å². The maximum Gasteiger partial charge on any atom is 0.162 e. The van der Waals surface area contributed by atoms with E-state index in [9.17, 15) is 10.1 Å². The van der Waals surface area contributed by atoms with Crippen LogP contribution < -0.4 is 10.6 Å². The van der Waals surface area contributed by atoms with E-state index in [1.165, 1.54) is 11.1 Å². The SMILES string of the molecule is Cc1cc(CSCc2ccccc2)c(C)c(C2C(C#N)=C(N)N(c3cccc(Cl)c3Cl)C3=C2C(=O)CC(C)(C)C3)c1. The highest BCUT2D eigenvalue weighted by Gasteiger charge is 2.45. The molecule has 1 atom stereocenters. The maximum absolute atomic E-state index is 14.0. The Morgan fingerprint density at radius 1 is 1.05 bits per heavy atom. The fraction of sp³-hybridized carbons (Fsp3) is 0.294. The van der Waals surface area contributed by atoms with E-state index >= 15 is 0 Å².